The molecule has 1 N–H and O–H groups in total. The van der Waals surface area contributed by atoms with Crippen molar-refractivity contribution in [3.63, 3.8) is 0 Å². The molecule has 0 fully saturated rings. The standard InChI is InChI=1S/C2H5O.ClH.Hg/c1-2-3;;/h2-3H,1H3;1H;/q;;+1/p-1. The number of aliphatic hydroxyl groups is 1. The fourth-order valence-electron chi connectivity index (χ4n) is 0. The quantitative estimate of drug-likeness (QED) is 0.696. The van der Waals surface area contributed by atoms with E-state index in [9.17, 15) is 0 Å². The summed E-state index contributed by atoms with van der Waals surface area (Å²) in [6, 6.07) is 0. The van der Waals surface area contributed by atoms with E-state index in [2.05, 4.69) is 0 Å². The van der Waals surface area contributed by atoms with E-state index in [0.29, 0.717) is 0 Å². The van der Waals surface area contributed by atoms with Crippen LogP contribution in [-0.2, 0) is 23.3 Å². The van der Waals surface area contributed by atoms with E-state index in [1.165, 1.54) is 0 Å². The van der Waals surface area contributed by atoms with Crippen LogP contribution in [0.25, 0.3) is 0 Å². The Bertz CT molecular complexity index is 23.6. The molecule has 0 amide bonds. The minimum absolute atomic E-state index is 0.128. The predicted octanol–water partition coefficient (Wildman–Crippen LogP) is 0.561. The summed E-state index contributed by atoms with van der Waals surface area (Å²) in [4.78, 5) is 0. The number of rotatable bonds is 1. The molecule has 0 spiro atoms. The Labute approximate surface area is 47.2 Å². The third kappa shape index (κ3) is 5.19. The molecule has 0 aromatic rings. The van der Waals surface area contributed by atoms with Crippen LogP contribution in [0.2, 0.25) is 0 Å². The van der Waals surface area contributed by atoms with Crippen LogP contribution in [0.1, 0.15) is 6.92 Å². The first-order valence-corrected chi connectivity index (χ1v) is 11.5. The maximum absolute atomic E-state index is 8.33. The molecule has 1 nitrogen and oxygen atoms in total. The molecule has 0 aromatic heterocycles. The fourth-order valence-corrected chi connectivity index (χ4v) is 0. The van der Waals surface area contributed by atoms with Gasteiger partial charge in [-0.05, 0) is 0 Å². The third-order valence-electron chi connectivity index (χ3n) is 0.223. The molecule has 0 rings (SSSR count). The van der Waals surface area contributed by atoms with Crippen LogP contribution < -0.4 is 0 Å². The van der Waals surface area contributed by atoms with Crippen molar-refractivity contribution in [3.05, 3.63) is 0 Å². The summed E-state index contributed by atoms with van der Waals surface area (Å²) < 4.78 is -0.128. The molecule has 0 saturated heterocycles. The van der Waals surface area contributed by atoms with Crippen molar-refractivity contribution >= 4 is 8.25 Å². The van der Waals surface area contributed by atoms with Gasteiger partial charge in [-0.25, -0.2) is 0 Å². The maximum atomic E-state index is 8.33. The van der Waals surface area contributed by atoms with Crippen molar-refractivity contribution in [2.75, 3.05) is 0 Å². The van der Waals surface area contributed by atoms with Crippen LogP contribution in [0.5, 0.6) is 0 Å². The zero-order chi connectivity index (χ0) is 4.28. The molecule has 3 heteroatoms. The van der Waals surface area contributed by atoms with Gasteiger partial charge in [0.25, 0.3) is 0 Å². The molecule has 0 aliphatic carbocycles. The van der Waals surface area contributed by atoms with Crippen LogP contribution in [0.15, 0.2) is 0 Å². The summed E-state index contributed by atoms with van der Waals surface area (Å²) in [5.41, 5.74) is 0. The normalized spacial score (nSPS) is 13.4. The summed E-state index contributed by atoms with van der Waals surface area (Å²) in [7, 11) is 5.31. The van der Waals surface area contributed by atoms with Gasteiger partial charge in [0.05, 0.1) is 0 Å². The topological polar surface area (TPSA) is 20.2 Å². The average molecular weight is 281 g/mol. The Kier molecular flexibility index (Phi) is 4.18. The van der Waals surface area contributed by atoms with Gasteiger partial charge in [-0.15, -0.1) is 0 Å². The molecular weight excluding hydrogens is 276 g/mol. The Morgan fingerprint density at radius 1 is 2.00 bits per heavy atom. The first-order chi connectivity index (χ1) is 2.27. The number of halogens is 1. The number of aliphatic hydroxyl groups excluding tert-OH is 1. The Balaban J connectivity index is 2.54. The Morgan fingerprint density at radius 2 is 2.20 bits per heavy atom. The van der Waals surface area contributed by atoms with E-state index in [0.717, 1.165) is 0 Å². The van der Waals surface area contributed by atoms with Gasteiger partial charge in [0.1, 0.15) is 0 Å². The molecule has 0 bridgehead atoms. The molecule has 0 aliphatic rings. The molecule has 1 unspecified atom stereocenters. The Hall–Kier alpha value is 1.19. The fraction of sp³-hybridized carbons (Fsp3) is 1.00. The van der Waals surface area contributed by atoms with Crippen molar-refractivity contribution < 1.29 is 28.4 Å². The second-order valence-corrected chi connectivity index (χ2v) is 9.50. The van der Waals surface area contributed by atoms with Crippen molar-refractivity contribution in [3.8, 4) is 0 Å². The molecule has 5 heavy (non-hydrogen) atoms. The van der Waals surface area contributed by atoms with Crippen LogP contribution in [0, 0.1) is 0 Å². The number of hydrogen-bond donors (Lipinski definition) is 1. The van der Waals surface area contributed by atoms with Gasteiger partial charge in [-0.1, -0.05) is 0 Å². The van der Waals surface area contributed by atoms with E-state index in [1.807, 2.05) is 0 Å². The summed E-state index contributed by atoms with van der Waals surface area (Å²) >= 11 is -1.20. The van der Waals surface area contributed by atoms with E-state index < -0.39 is 23.3 Å². The van der Waals surface area contributed by atoms with Gasteiger partial charge in [-0.3, -0.25) is 0 Å². The van der Waals surface area contributed by atoms with Gasteiger partial charge >= 0.3 is 47.2 Å². The first-order valence-electron chi connectivity index (χ1n) is 1.51. The van der Waals surface area contributed by atoms with Gasteiger partial charge in [-0.2, -0.15) is 0 Å². The van der Waals surface area contributed by atoms with Crippen LogP contribution in [-0.4, -0.2) is 8.72 Å². The zero-order valence-corrected chi connectivity index (χ0v) is 9.36. The molecule has 28 valence electrons. The van der Waals surface area contributed by atoms with Crippen molar-refractivity contribution in [1.29, 1.82) is 0 Å². The van der Waals surface area contributed by atoms with Gasteiger partial charge < -0.3 is 0 Å². The molecule has 1 atom stereocenters. The van der Waals surface area contributed by atoms with Crippen molar-refractivity contribution in [1.82, 2.24) is 0 Å². The monoisotopic (exact) mass is 282 g/mol. The van der Waals surface area contributed by atoms with E-state index in [1.54, 1.807) is 6.92 Å². The molecule has 0 saturated carbocycles. The second kappa shape index (κ2) is 3.38. The Morgan fingerprint density at radius 3 is 2.20 bits per heavy atom. The molecule has 0 aliphatic heterocycles. The molecule has 0 radical (unpaired) electrons. The summed E-state index contributed by atoms with van der Waals surface area (Å²) in [5, 5.41) is 8.33. The van der Waals surface area contributed by atoms with E-state index in [4.69, 9.17) is 13.4 Å². The molecule has 0 heterocycles. The van der Waals surface area contributed by atoms with Crippen molar-refractivity contribution in [2.45, 2.75) is 10.5 Å². The third-order valence-corrected chi connectivity index (χ3v) is 5.88. The van der Waals surface area contributed by atoms with E-state index in [-0.39, 0.29) is 3.61 Å². The van der Waals surface area contributed by atoms with Crippen LogP contribution >= 0.6 is 8.25 Å². The molecule has 0 aromatic carbocycles. The first kappa shape index (κ1) is 6.19. The summed E-state index contributed by atoms with van der Waals surface area (Å²) in [5.74, 6) is 0. The molecular formula is C2H5ClHgO. The van der Waals surface area contributed by atoms with Crippen LogP contribution in [0.4, 0.5) is 0 Å². The SMILES string of the molecule is C[CH](O)[Hg][Cl]. The van der Waals surface area contributed by atoms with Gasteiger partial charge in [0, 0.05) is 0 Å². The van der Waals surface area contributed by atoms with Crippen molar-refractivity contribution in [2.24, 2.45) is 0 Å². The summed E-state index contributed by atoms with van der Waals surface area (Å²) in [6.45, 7) is 1.74. The van der Waals surface area contributed by atoms with Crippen LogP contribution in [0.3, 0.4) is 0 Å². The summed E-state index contributed by atoms with van der Waals surface area (Å²) in [6.07, 6.45) is 0. The van der Waals surface area contributed by atoms with Gasteiger partial charge in [0.2, 0.25) is 0 Å². The number of hydrogen-bond acceptors (Lipinski definition) is 1. The predicted molar refractivity (Wildman–Crippen MR) is 17.5 cm³/mol. The van der Waals surface area contributed by atoms with E-state index >= 15 is 0 Å². The average Bonchev–Trinajstić information content (AvgIpc) is 1.38. The van der Waals surface area contributed by atoms with Gasteiger partial charge in [0.15, 0.2) is 0 Å². The zero-order valence-electron chi connectivity index (χ0n) is 3.11. The second-order valence-electron chi connectivity index (χ2n) is 1.00. The minimum atomic E-state index is -1.20.